The Bertz CT molecular complexity index is 262. The number of nitrogens with one attached hydrogen (secondary N) is 1. The van der Waals surface area contributed by atoms with Crippen molar-refractivity contribution in [2.45, 2.75) is 31.7 Å². The first kappa shape index (κ1) is 13.4. The molecule has 0 radical (unpaired) electrons. The molecule has 0 aromatic rings. The van der Waals surface area contributed by atoms with Gasteiger partial charge in [-0.25, -0.2) is 0 Å². The molecule has 2 unspecified atom stereocenters. The maximum atomic E-state index is 11.8. The second-order valence-corrected chi connectivity index (χ2v) is 5.28. The molecule has 1 fully saturated rings. The Kier molecular flexibility index (Phi) is 6.36. The second-order valence-electron chi connectivity index (χ2n) is 4.17. The summed E-state index contributed by atoms with van der Waals surface area (Å²) in [4.78, 5) is 11.8. The Balaban J connectivity index is 2.12. The molecule has 3 nitrogen and oxygen atoms in total. The molecule has 16 heavy (non-hydrogen) atoms. The summed E-state index contributed by atoms with van der Waals surface area (Å²) in [6, 6.07) is 0.209. The quantitative estimate of drug-likeness (QED) is 0.556. The van der Waals surface area contributed by atoms with Gasteiger partial charge in [0.25, 0.3) is 0 Å². The topological polar surface area (TPSA) is 55.1 Å². The molecule has 1 aliphatic rings. The van der Waals surface area contributed by atoms with Crippen LogP contribution >= 0.6 is 11.8 Å². The highest BCUT2D eigenvalue weighted by Gasteiger charge is 2.24. The predicted octanol–water partition coefficient (Wildman–Crippen LogP) is 0.987. The highest BCUT2D eigenvalue weighted by Crippen LogP contribution is 2.22. The molecule has 1 amide bonds. The van der Waals surface area contributed by atoms with Gasteiger partial charge in [-0.1, -0.05) is 12.3 Å². The SMILES string of the molecule is C#CCSCCNC(=O)C1CCCC(N)C1. The van der Waals surface area contributed by atoms with Gasteiger partial charge in [0.2, 0.25) is 5.91 Å². The van der Waals surface area contributed by atoms with Crippen LogP contribution in [0.1, 0.15) is 25.7 Å². The van der Waals surface area contributed by atoms with Crippen molar-refractivity contribution in [3.8, 4) is 12.3 Å². The highest BCUT2D eigenvalue weighted by molar-refractivity contribution is 7.99. The number of nitrogens with two attached hydrogens (primary N) is 1. The Labute approximate surface area is 102 Å². The lowest BCUT2D eigenvalue weighted by Gasteiger charge is -2.25. The molecule has 3 N–H and O–H groups in total. The smallest absolute Gasteiger partial charge is 0.223 e. The fourth-order valence-electron chi connectivity index (χ4n) is 1.99. The van der Waals surface area contributed by atoms with Crippen LogP contribution in [0.25, 0.3) is 0 Å². The van der Waals surface area contributed by atoms with Crippen LogP contribution in [0.3, 0.4) is 0 Å². The van der Waals surface area contributed by atoms with Gasteiger partial charge in [0.05, 0.1) is 5.75 Å². The lowest BCUT2D eigenvalue weighted by atomic mass is 9.85. The van der Waals surface area contributed by atoms with Crippen molar-refractivity contribution in [3.63, 3.8) is 0 Å². The third kappa shape index (κ3) is 4.91. The molecule has 4 heteroatoms. The minimum atomic E-state index is 0.126. The van der Waals surface area contributed by atoms with E-state index in [0.717, 1.165) is 31.4 Å². The van der Waals surface area contributed by atoms with Gasteiger partial charge in [-0.3, -0.25) is 4.79 Å². The van der Waals surface area contributed by atoms with E-state index >= 15 is 0 Å². The number of carbonyl (C=O) groups excluding carboxylic acids is 1. The van der Waals surface area contributed by atoms with Crippen molar-refractivity contribution < 1.29 is 4.79 Å². The molecule has 0 saturated heterocycles. The first-order valence-electron chi connectivity index (χ1n) is 5.78. The third-order valence-electron chi connectivity index (χ3n) is 2.82. The van der Waals surface area contributed by atoms with Crippen LogP contribution in [0, 0.1) is 18.3 Å². The Morgan fingerprint density at radius 2 is 2.38 bits per heavy atom. The molecule has 1 rings (SSSR count). The van der Waals surface area contributed by atoms with Gasteiger partial charge in [-0.15, -0.1) is 18.2 Å². The minimum Gasteiger partial charge on any atom is -0.355 e. The van der Waals surface area contributed by atoms with E-state index in [4.69, 9.17) is 12.2 Å². The van der Waals surface area contributed by atoms with Crippen LogP contribution in [-0.4, -0.2) is 30.0 Å². The van der Waals surface area contributed by atoms with E-state index in [0.29, 0.717) is 12.3 Å². The van der Waals surface area contributed by atoms with Crippen LogP contribution in [0.15, 0.2) is 0 Å². The van der Waals surface area contributed by atoms with E-state index in [2.05, 4.69) is 11.2 Å². The van der Waals surface area contributed by atoms with Gasteiger partial charge in [-0.2, -0.15) is 0 Å². The summed E-state index contributed by atoms with van der Waals surface area (Å²) in [6.45, 7) is 0.705. The monoisotopic (exact) mass is 240 g/mol. The summed E-state index contributed by atoms with van der Waals surface area (Å²) in [5.41, 5.74) is 5.85. The van der Waals surface area contributed by atoms with E-state index in [1.54, 1.807) is 11.8 Å². The summed E-state index contributed by atoms with van der Waals surface area (Å²) >= 11 is 1.67. The number of hydrogen-bond acceptors (Lipinski definition) is 3. The van der Waals surface area contributed by atoms with Crippen molar-refractivity contribution in [2.24, 2.45) is 11.7 Å². The number of thioether (sulfide) groups is 1. The molecule has 0 spiro atoms. The molecule has 0 heterocycles. The first-order chi connectivity index (χ1) is 7.74. The molecule has 0 bridgehead atoms. The van der Waals surface area contributed by atoms with E-state index < -0.39 is 0 Å². The summed E-state index contributed by atoms with van der Waals surface area (Å²) in [5, 5.41) is 2.95. The fraction of sp³-hybridized carbons (Fsp3) is 0.750. The van der Waals surface area contributed by atoms with Crippen LogP contribution < -0.4 is 11.1 Å². The number of rotatable bonds is 5. The maximum absolute atomic E-state index is 11.8. The zero-order chi connectivity index (χ0) is 11.8. The molecule has 0 aromatic heterocycles. The zero-order valence-electron chi connectivity index (χ0n) is 9.58. The van der Waals surface area contributed by atoms with Crippen molar-refractivity contribution in [1.29, 1.82) is 0 Å². The normalized spacial score (nSPS) is 24.8. The van der Waals surface area contributed by atoms with Crippen LogP contribution in [0.2, 0.25) is 0 Å². The molecule has 0 aliphatic heterocycles. The molecule has 1 saturated carbocycles. The summed E-state index contributed by atoms with van der Waals surface area (Å²) in [7, 11) is 0. The van der Waals surface area contributed by atoms with Gasteiger partial charge in [0.15, 0.2) is 0 Å². The Morgan fingerprint density at radius 1 is 1.56 bits per heavy atom. The van der Waals surface area contributed by atoms with Gasteiger partial charge >= 0.3 is 0 Å². The van der Waals surface area contributed by atoms with E-state index in [-0.39, 0.29) is 17.9 Å². The Hall–Kier alpha value is -0.660. The summed E-state index contributed by atoms with van der Waals surface area (Å²) in [6.07, 6.45) is 9.08. The predicted molar refractivity (Wildman–Crippen MR) is 69.1 cm³/mol. The molecular formula is C12H20N2OS. The van der Waals surface area contributed by atoms with E-state index in [1.165, 1.54) is 0 Å². The number of carbonyl (C=O) groups is 1. The summed E-state index contributed by atoms with van der Waals surface area (Å²) < 4.78 is 0. The van der Waals surface area contributed by atoms with Crippen molar-refractivity contribution in [2.75, 3.05) is 18.1 Å². The molecule has 0 aromatic carbocycles. The van der Waals surface area contributed by atoms with E-state index in [1.807, 2.05) is 0 Å². The number of amides is 1. The number of hydrogen-bond donors (Lipinski definition) is 2. The molecule has 2 atom stereocenters. The second kappa shape index (κ2) is 7.59. The lowest BCUT2D eigenvalue weighted by molar-refractivity contribution is -0.125. The first-order valence-corrected chi connectivity index (χ1v) is 6.94. The zero-order valence-corrected chi connectivity index (χ0v) is 10.4. The molecule has 90 valence electrons. The van der Waals surface area contributed by atoms with Crippen LogP contribution in [0.5, 0.6) is 0 Å². The third-order valence-corrected chi connectivity index (χ3v) is 3.68. The standard InChI is InChI=1S/C12H20N2OS/c1-2-7-16-8-6-14-12(15)10-4-3-5-11(13)9-10/h1,10-11H,3-9,13H2,(H,14,15). The molecular weight excluding hydrogens is 220 g/mol. The van der Waals surface area contributed by atoms with Gasteiger partial charge in [0, 0.05) is 24.3 Å². The van der Waals surface area contributed by atoms with Crippen molar-refractivity contribution in [1.82, 2.24) is 5.32 Å². The van der Waals surface area contributed by atoms with Gasteiger partial charge in [0.1, 0.15) is 0 Å². The minimum absolute atomic E-state index is 0.126. The van der Waals surface area contributed by atoms with Crippen molar-refractivity contribution in [3.05, 3.63) is 0 Å². The molecule has 1 aliphatic carbocycles. The van der Waals surface area contributed by atoms with E-state index in [9.17, 15) is 4.79 Å². The van der Waals surface area contributed by atoms with Crippen molar-refractivity contribution >= 4 is 17.7 Å². The highest BCUT2D eigenvalue weighted by atomic mass is 32.2. The largest absolute Gasteiger partial charge is 0.355 e. The van der Waals surface area contributed by atoms with Crippen LogP contribution in [0.4, 0.5) is 0 Å². The van der Waals surface area contributed by atoms with Crippen LogP contribution in [-0.2, 0) is 4.79 Å². The lowest BCUT2D eigenvalue weighted by Crippen LogP contribution is -2.38. The van der Waals surface area contributed by atoms with Gasteiger partial charge < -0.3 is 11.1 Å². The fourth-order valence-corrected chi connectivity index (χ4v) is 2.50. The average molecular weight is 240 g/mol. The Morgan fingerprint density at radius 3 is 3.06 bits per heavy atom. The van der Waals surface area contributed by atoms with Gasteiger partial charge in [-0.05, 0) is 19.3 Å². The maximum Gasteiger partial charge on any atom is 0.223 e. The average Bonchev–Trinajstić information content (AvgIpc) is 2.28. The number of terminal acetylenes is 1. The summed E-state index contributed by atoms with van der Waals surface area (Å²) in [5.74, 6) is 4.44.